The third-order valence-corrected chi connectivity index (χ3v) is 3.77. The summed E-state index contributed by atoms with van der Waals surface area (Å²) in [7, 11) is 0. The molecule has 2 aromatic rings. The van der Waals surface area contributed by atoms with Gasteiger partial charge in [0.2, 0.25) is 11.8 Å². The summed E-state index contributed by atoms with van der Waals surface area (Å²) in [4.78, 5) is 30.0. The third kappa shape index (κ3) is 3.09. The molecule has 2 amide bonds. The van der Waals surface area contributed by atoms with Gasteiger partial charge in [-0.05, 0) is 30.3 Å². The average Bonchev–Trinajstić information content (AvgIpc) is 2.90. The first kappa shape index (κ1) is 14.5. The highest BCUT2D eigenvalue weighted by Gasteiger charge is 2.35. The van der Waals surface area contributed by atoms with Crippen LogP contribution in [0.15, 0.2) is 48.7 Å². The Morgan fingerprint density at radius 2 is 2.14 bits per heavy atom. The van der Waals surface area contributed by atoms with Crippen molar-refractivity contribution in [3.05, 3.63) is 53.7 Å². The first-order valence-electron chi connectivity index (χ1n) is 6.91. The number of carbonyl (C=O) groups is 2. The van der Waals surface area contributed by atoms with E-state index in [1.54, 1.807) is 47.5 Å². The lowest BCUT2D eigenvalue weighted by Gasteiger charge is -2.16. The van der Waals surface area contributed by atoms with Crippen molar-refractivity contribution in [2.45, 2.75) is 6.42 Å². The molecule has 0 radical (unpaired) electrons. The van der Waals surface area contributed by atoms with Gasteiger partial charge in [-0.3, -0.25) is 9.59 Å². The van der Waals surface area contributed by atoms with Gasteiger partial charge in [0.15, 0.2) is 0 Å². The third-order valence-electron chi connectivity index (χ3n) is 3.53. The van der Waals surface area contributed by atoms with Crippen LogP contribution in [-0.2, 0) is 9.59 Å². The maximum absolute atomic E-state index is 12.2. The summed E-state index contributed by atoms with van der Waals surface area (Å²) in [5.41, 5.74) is 0.714. The summed E-state index contributed by atoms with van der Waals surface area (Å²) >= 11 is 5.95. The van der Waals surface area contributed by atoms with E-state index in [2.05, 4.69) is 10.3 Å². The number of rotatable bonds is 3. The van der Waals surface area contributed by atoms with Gasteiger partial charge in [-0.2, -0.15) is 0 Å². The molecule has 1 aliphatic heterocycles. The molecule has 0 saturated carbocycles. The predicted molar refractivity (Wildman–Crippen MR) is 84.8 cm³/mol. The zero-order valence-electron chi connectivity index (χ0n) is 11.7. The molecule has 6 heteroatoms. The Labute approximate surface area is 132 Å². The topological polar surface area (TPSA) is 62.3 Å². The number of halogens is 1. The van der Waals surface area contributed by atoms with Crippen LogP contribution in [0.5, 0.6) is 0 Å². The highest BCUT2D eigenvalue weighted by atomic mass is 35.5. The average molecular weight is 316 g/mol. The van der Waals surface area contributed by atoms with Crippen LogP contribution in [0.25, 0.3) is 0 Å². The molecule has 0 spiro atoms. The van der Waals surface area contributed by atoms with E-state index in [0.717, 1.165) is 0 Å². The van der Waals surface area contributed by atoms with Crippen LogP contribution in [0.2, 0.25) is 5.02 Å². The number of hydrogen-bond donors (Lipinski definition) is 1. The molecule has 22 heavy (non-hydrogen) atoms. The zero-order valence-corrected chi connectivity index (χ0v) is 12.5. The van der Waals surface area contributed by atoms with Gasteiger partial charge in [0.05, 0.1) is 5.92 Å². The number of amides is 2. The fourth-order valence-corrected chi connectivity index (χ4v) is 2.63. The second-order valence-electron chi connectivity index (χ2n) is 5.09. The standard InChI is InChI=1S/C16H14ClN3O2/c17-12-4-3-5-13(9-12)20-10-11(8-15(20)21)16(22)19-14-6-1-2-7-18-14/h1-7,9,11H,8,10H2,(H,18,19,22). The Balaban J connectivity index is 1.70. The molecule has 112 valence electrons. The molecule has 0 bridgehead atoms. The lowest BCUT2D eigenvalue weighted by atomic mass is 10.1. The molecule has 1 aromatic heterocycles. The quantitative estimate of drug-likeness (QED) is 0.947. The van der Waals surface area contributed by atoms with Crippen LogP contribution in [0, 0.1) is 5.92 Å². The van der Waals surface area contributed by atoms with Crippen molar-refractivity contribution >= 4 is 34.9 Å². The molecule has 1 atom stereocenters. The maximum Gasteiger partial charge on any atom is 0.230 e. The van der Waals surface area contributed by atoms with E-state index in [-0.39, 0.29) is 18.2 Å². The first-order valence-corrected chi connectivity index (χ1v) is 7.29. The van der Waals surface area contributed by atoms with E-state index >= 15 is 0 Å². The molecule has 0 aliphatic carbocycles. The van der Waals surface area contributed by atoms with Crippen molar-refractivity contribution in [3.8, 4) is 0 Å². The minimum absolute atomic E-state index is 0.0802. The van der Waals surface area contributed by atoms with Crippen LogP contribution in [0.1, 0.15) is 6.42 Å². The Morgan fingerprint density at radius 3 is 2.86 bits per heavy atom. The molecule has 1 aliphatic rings. The fraction of sp³-hybridized carbons (Fsp3) is 0.188. The van der Waals surface area contributed by atoms with Crippen molar-refractivity contribution in [1.29, 1.82) is 0 Å². The van der Waals surface area contributed by atoms with Gasteiger partial charge in [-0.15, -0.1) is 0 Å². The van der Waals surface area contributed by atoms with Gasteiger partial charge < -0.3 is 10.2 Å². The molecule has 1 unspecified atom stereocenters. The molecular weight excluding hydrogens is 302 g/mol. The summed E-state index contributed by atoms with van der Waals surface area (Å²) in [5.74, 6) is -0.186. The van der Waals surface area contributed by atoms with Crippen LogP contribution >= 0.6 is 11.6 Å². The molecule has 1 aromatic carbocycles. The van der Waals surface area contributed by atoms with Crippen molar-refractivity contribution in [1.82, 2.24) is 4.98 Å². The second-order valence-corrected chi connectivity index (χ2v) is 5.53. The molecule has 1 fully saturated rings. The SMILES string of the molecule is O=C(Nc1ccccn1)C1CC(=O)N(c2cccc(Cl)c2)C1. The minimum Gasteiger partial charge on any atom is -0.312 e. The van der Waals surface area contributed by atoms with E-state index in [9.17, 15) is 9.59 Å². The number of anilines is 2. The van der Waals surface area contributed by atoms with Crippen molar-refractivity contribution < 1.29 is 9.59 Å². The van der Waals surface area contributed by atoms with Crippen molar-refractivity contribution in [2.24, 2.45) is 5.92 Å². The molecule has 3 rings (SSSR count). The number of carbonyl (C=O) groups excluding carboxylic acids is 2. The van der Waals surface area contributed by atoms with E-state index in [0.29, 0.717) is 23.1 Å². The second kappa shape index (κ2) is 6.15. The Morgan fingerprint density at radius 1 is 1.27 bits per heavy atom. The van der Waals surface area contributed by atoms with Gasteiger partial charge in [0, 0.05) is 29.9 Å². The predicted octanol–water partition coefficient (Wildman–Crippen LogP) is 2.73. The number of pyridine rings is 1. The number of benzene rings is 1. The summed E-state index contributed by atoms with van der Waals surface area (Å²) < 4.78 is 0. The normalized spacial score (nSPS) is 17.6. The zero-order chi connectivity index (χ0) is 15.5. The molecule has 1 saturated heterocycles. The van der Waals surface area contributed by atoms with Crippen LogP contribution < -0.4 is 10.2 Å². The number of aromatic nitrogens is 1. The first-order chi connectivity index (χ1) is 10.6. The lowest BCUT2D eigenvalue weighted by Crippen LogP contribution is -2.28. The summed E-state index contributed by atoms with van der Waals surface area (Å²) in [5, 5.41) is 3.29. The highest BCUT2D eigenvalue weighted by Crippen LogP contribution is 2.27. The molecular formula is C16H14ClN3O2. The number of nitrogens with zero attached hydrogens (tertiary/aromatic N) is 2. The largest absolute Gasteiger partial charge is 0.312 e. The molecule has 5 nitrogen and oxygen atoms in total. The van der Waals surface area contributed by atoms with Crippen LogP contribution in [0.3, 0.4) is 0 Å². The van der Waals surface area contributed by atoms with Crippen LogP contribution in [0.4, 0.5) is 11.5 Å². The number of hydrogen-bond acceptors (Lipinski definition) is 3. The number of nitrogens with one attached hydrogen (secondary N) is 1. The van der Waals surface area contributed by atoms with E-state index in [1.165, 1.54) is 0 Å². The molecule has 1 N–H and O–H groups in total. The monoisotopic (exact) mass is 315 g/mol. The van der Waals surface area contributed by atoms with Gasteiger partial charge >= 0.3 is 0 Å². The van der Waals surface area contributed by atoms with Gasteiger partial charge in [0.1, 0.15) is 5.82 Å². The summed E-state index contributed by atoms with van der Waals surface area (Å²) in [6.07, 6.45) is 1.79. The van der Waals surface area contributed by atoms with E-state index in [1.807, 2.05) is 6.07 Å². The smallest absolute Gasteiger partial charge is 0.230 e. The van der Waals surface area contributed by atoms with Crippen molar-refractivity contribution in [2.75, 3.05) is 16.8 Å². The maximum atomic E-state index is 12.2. The van der Waals surface area contributed by atoms with Gasteiger partial charge in [0.25, 0.3) is 0 Å². The van der Waals surface area contributed by atoms with Gasteiger partial charge in [-0.1, -0.05) is 23.7 Å². The van der Waals surface area contributed by atoms with E-state index in [4.69, 9.17) is 11.6 Å². The van der Waals surface area contributed by atoms with Crippen LogP contribution in [-0.4, -0.2) is 23.3 Å². The van der Waals surface area contributed by atoms with E-state index < -0.39 is 5.92 Å². The summed E-state index contributed by atoms with van der Waals surface area (Å²) in [6.45, 7) is 0.345. The minimum atomic E-state index is -0.395. The summed E-state index contributed by atoms with van der Waals surface area (Å²) in [6, 6.07) is 12.3. The highest BCUT2D eigenvalue weighted by molar-refractivity contribution is 6.31. The molecule has 2 heterocycles. The van der Waals surface area contributed by atoms with Crippen molar-refractivity contribution in [3.63, 3.8) is 0 Å². The Kier molecular flexibility index (Phi) is 4.06. The Bertz CT molecular complexity index is 706. The lowest BCUT2D eigenvalue weighted by molar-refractivity contribution is -0.122. The van der Waals surface area contributed by atoms with Gasteiger partial charge in [-0.25, -0.2) is 4.98 Å². The Hall–Kier alpha value is -2.40. The fourth-order valence-electron chi connectivity index (χ4n) is 2.44.